The summed E-state index contributed by atoms with van der Waals surface area (Å²) in [4.78, 5) is 24.0. The van der Waals surface area contributed by atoms with Gasteiger partial charge in [-0.2, -0.15) is 0 Å². The van der Waals surface area contributed by atoms with Crippen LogP contribution in [0.4, 0.5) is 5.69 Å². The van der Waals surface area contributed by atoms with Crippen molar-refractivity contribution in [2.24, 2.45) is 5.16 Å². The molecule has 36 heavy (non-hydrogen) atoms. The van der Waals surface area contributed by atoms with Gasteiger partial charge in [0.15, 0.2) is 6.61 Å². The number of rotatable bonds is 8. The average Bonchev–Trinajstić information content (AvgIpc) is 2.88. The molecule has 0 unspecified atom stereocenters. The third-order valence-electron chi connectivity index (χ3n) is 5.42. The number of allylic oxidation sites excluding steroid dienone is 1. The minimum absolute atomic E-state index is 0.228. The highest BCUT2D eigenvalue weighted by Gasteiger charge is 2.08. The molecule has 0 bridgehead atoms. The Morgan fingerprint density at radius 1 is 1.08 bits per heavy atom. The smallest absolute Gasteiger partial charge is 0.336 e. The van der Waals surface area contributed by atoms with Gasteiger partial charge in [-0.1, -0.05) is 35.5 Å². The molecule has 0 spiro atoms. The van der Waals surface area contributed by atoms with E-state index in [9.17, 15) is 14.8 Å². The van der Waals surface area contributed by atoms with Crippen LogP contribution in [0.1, 0.15) is 16.7 Å². The van der Waals surface area contributed by atoms with E-state index < -0.39 is 5.63 Å². The number of nitrogens with one attached hydrogen (secondary N) is 1. The van der Waals surface area contributed by atoms with Gasteiger partial charge in [0.1, 0.15) is 22.8 Å². The van der Waals surface area contributed by atoms with Crippen LogP contribution in [0.25, 0.3) is 17.0 Å². The van der Waals surface area contributed by atoms with E-state index in [1.165, 1.54) is 6.07 Å². The number of amides is 1. The van der Waals surface area contributed by atoms with Crippen LogP contribution in [0.2, 0.25) is 0 Å². The number of carbonyl (C=O) groups excluding carboxylic acids is 1. The summed E-state index contributed by atoms with van der Waals surface area (Å²) < 4.78 is 16.1. The fourth-order valence-electron chi connectivity index (χ4n) is 3.63. The van der Waals surface area contributed by atoms with Gasteiger partial charge in [0, 0.05) is 34.3 Å². The summed E-state index contributed by atoms with van der Waals surface area (Å²) in [6.45, 7) is 1.60. The van der Waals surface area contributed by atoms with Crippen LogP contribution in [0.5, 0.6) is 11.5 Å². The SMILES string of the molecule is COc1ccccc1C=CC(=NO)c1ccc(NC(=O)COc2ccc3c(C)cc(=O)oc3c2)cc1. The molecule has 182 valence electrons. The Morgan fingerprint density at radius 3 is 2.61 bits per heavy atom. The van der Waals surface area contributed by atoms with Crippen LogP contribution in [-0.4, -0.2) is 30.5 Å². The first-order valence-corrected chi connectivity index (χ1v) is 11.1. The van der Waals surface area contributed by atoms with Crippen molar-refractivity contribution >= 4 is 34.4 Å². The van der Waals surface area contributed by atoms with Gasteiger partial charge < -0.3 is 24.4 Å². The summed E-state index contributed by atoms with van der Waals surface area (Å²) in [6, 6.07) is 20.8. The number of carbonyl (C=O) groups is 1. The zero-order valence-corrected chi connectivity index (χ0v) is 19.7. The average molecular weight is 485 g/mol. The van der Waals surface area contributed by atoms with Crippen LogP contribution in [0.15, 0.2) is 93.2 Å². The van der Waals surface area contributed by atoms with E-state index in [0.29, 0.717) is 34.0 Å². The summed E-state index contributed by atoms with van der Waals surface area (Å²) in [7, 11) is 1.59. The van der Waals surface area contributed by atoms with Crippen LogP contribution >= 0.6 is 0 Å². The molecule has 8 heteroatoms. The summed E-state index contributed by atoms with van der Waals surface area (Å²) in [5.41, 5.74) is 3.16. The van der Waals surface area contributed by atoms with Crippen molar-refractivity contribution < 1.29 is 23.9 Å². The Bertz CT molecular complexity index is 1500. The third-order valence-corrected chi connectivity index (χ3v) is 5.42. The molecule has 4 aromatic rings. The Labute approximate surface area is 207 Å². The normalized spacial score (nSPS) is 11.6. The van der Waals surface area contributed by atoms with Crippen LogP contribution in [-0.2, 0) is 4.79 Å². The van der Waals surface area contributed by atoms with Gasteiger partial charge in [0.05, 0.1) is 7.11 Å². The minimum Gasteiger partial charge on any atom is -0.496 e. The fourth-order valence-corrected chi connectivity index (χ4v) is 3.63. The van der Waals surface area contributed by atoms with E-state index in [1.807, 2.05) is 31.2 Å². The monoisotopic (exact) mass is 484 g/mol. The van der Waals surface area contributed by atoms with Gasteiger partial charge in [0.2, 0.25) is 0 Å². The molecule has 1 heterocycles. The number of aryl methyl sites for hydroxylation is 1. The number of ether oxygens (including phenoxy) is 2. The number of benzene rings is 3. The van der Waals surface area contributed by atoms with Gasteiger partial charge in [-0.25, -0.2) is 4.79 Å². The highest BCUT2D eigenvalue weighted by Crippen LogP contribution is 2.22. The summed E-state index contributed by atoms with van der Waals surface area (Å²) in [5, 5.41) is 16.4. The lowest BCUT2D eigenvalue weighted by molar-refractivity contribution is -0.118. The second kappa shape index (κ2) is 11.1. The second-order valence-electron chi connectivity index (χ2n) is 7.88. The Morgan fingerprint density at radius 2 is 1.86 bits per heavy atom. The molecule has 0 aliphatic carbocycles. The van der Waals surface area contributed by atoms with Crippen LogP contribution < -0.4 is 20.4 Å². The molecule has 1 amide bonds. The molecule has 0 aliphatic rings. The van der Waals surface area contributed by atoms with E-state index in [-0.39, 0.29) is 12.5 Å². The van der Waals surface area contributed by atoms with Crippen molar-refractivity contribution in [2.45, 2.75) is 6.92 Å². The van der Waals surface area contributed by atoms with Gasteiger partial charge >= 0.3 is 5.63 Å². The number of nitrogens with zero attached hydrogens (tertiary/aromatic N) is 1. The van der Waals surface area contributed by atoms with Gasteiger partial charge in [-0.3, -0.25) is 4.79 Å². The molecule has 1 aromatic heterocycles. The molecule has 8 nitrogen and oxygen atoms in total. The van der Waals surface area contributed by atoms with Crippen molar-refractivity contribution in [3.8, 4) is 11.5 Å². The molecule has 3 aromatic carbocycles. The van der Waals surface area contributed by atoms with Crippen molar-refractivity contribution in [3.63, 3.8) is 0 Å². The minimum atomic E-state index is -0.442. The zero-order chi connectivity index (χ0) is 25.5. The van der Waals surface area contributed by atoms with Crippen LogP contribution in [0.3, 0.4) is 0 Å². The maximum atomic E-state index is 12.4. The predicted molar refractivity (Wildman–Crippen MR) is 138 cm³/mol. The topological polar surface area (TPSA) is 110 Å². The first-order valence-electron chi connectivity index (χ1n) is 11.1. The Balaban J connectivity index is 1.37. The Hall–Kier alpha value is -4.85. The van der Waals surface area contributed by atoms with Crippen molar-refractivity contribution in [3.05, 3.63) is 106 Å². The summed E-state index contributed by atoms with van der Waals surface area (Å²) in [5.74, 6) is 0.753. The molecule has 0 atom stereocenters. The number of oxime groups is 1. The highest BCUT2D eigenvalue weighted by molar-refractivity contribution is 6.10. The Kier molecular flexibility index (Phi) is 7.45. The van der Waals surface area contributed by atoms with E-state index >= 15 is 0 Å². The van der Waals surface area contributed by atoms with E-state index in [0.717, 1.165) is 16.5 Å². The number of anilines is 1. The molecular formula is C28H24N2O6. The highest BCUT2D eigenvalue weighted by atomic mass is 16.5. The largest absolute Gasteiger partial charge is 0.496 e. The molecular weight excluding hydrogens is 460 g/mol. The number of hydrogen-bond acceptors (Lipinski definition) is 7. The second-order valence-corrected chi connectivity index (χ2v) is 7.88. The number of methoxy groups -OCH3 is 1. The first kappa shape index (κ1) is 24.3. The molecule has 0 fully saturated rings. The number of hydrogen-bond donors (Lipinski definition) is 2. The molecule has 4 rings (SSSR count). The van der Waals surface area contributed by atoms with E-state index in [4.69, 9.17) is 13.9 Å². The van der Waals surface area contributed by atoms with Crippen molar-refractivity contribution in [2.75, 3.05) is 19.0 Å². The number of para-hydroxylation sites is 1. The lowest BCUT2D eigenvalue weighted by Gasteiger charge is -2.09. The zero-order valence-electron chi connectivity index (χ0n) is 19.7. The maximum absolute atomic E-state index is 12.4. The number of fused-ring (bicyclic) bond motifs is 1. The quantitative estimate of drug-likeness (QED) is 0.157. The van der Waals surface area contributed by atoms with E-state index in [2.05, 4.69) is 10.5 Å². The third kappa shape index (κ3) is 5.79. The molecule has 0 saturated heterocycles. The van der Waals surface area contributed by atoms with Crippen molar-refractivity contribution in [1.82, 2.24) is 0 Å². The molecule has 0 radical (unpaired) electrons. The standard InChI is InChI=1S/C28H24N2O6/c1-18-15-28(32)36-26-16-22(12-13-23(18)26)35-17-27(31)29-21-10-7-19(8-11-21)24(30-33)14-9-20-5-3-4-6-25(20)34-2/h3-16,33H,17H2,1-2H3,(H,29,31). The summed E-state index contributed by atoms with van der Waals surface area (Å²) in [6.07, 6.45) is 3.46. The van der Waals surface area contributed by atoms with Crippen LogP contribution in [0, 0.1) is 6.92 Å². The first-order chi connectivity index (χ1) is 17.5. The maximum Gasteiger partial charge on any atom is 0.336 e. The van der Waals surface area contributed by atoms with Gasteiger partial charge in [0.25, 0.3) is 5.91 Å². The molecule has 0 aliphatic heterocycles. The van der Waals surface area contributed by atoms with Crippen molar-refractivity contribution in [1.29, 1.82) is 0 Å². The predicted octanol–water partition coefficient (Wildman–Crippen LogP) is 5.02. The molecule has 2 N–H and O–H groups in total. The molecule has 0 saturated carbocycles. The van der Waals surface area contributed by atoms with E-state index in [1.54, 1.807) is 61.7 Å². The van der Waals surface area contributed by atoms with Gasteiger partial charge in [-0.15, -0.1) is 0 Å². The van der Waals surface area contributed by atoms with Gasteiger partial charge in [-0.05, 0) is 55.0 Å². The summed E-state index contributed by atoms with van der Waals surface area (Å²) >= 11 is 0. The lowest BCUT2D eigenvalue weighted by atomic mass is 10.1. The lowest BCUT2D eigenvalue weighted by Crippen LogP contribution is -2.20. The fraction of sp³-hybridized carbons (Fsp3) is 0.107.